The number of terminal acetylenes is 1. The van der Waals surface area contributed by atoms with E-state index in [-0.39, 0.29) is 6.61 Å². The highest BCUT2D eigenvalue weighted by atomic mass is 35.5. The Morgan fingerprint density at radius 3 is 2.73 bits per heavy atom. The van der Waals surface area contributed by atoms with Gasteiger partial charge in [0.2, 0.25) is 0 Å². The average molecular weight is 314 g/mol. The van der Waals surface area contributed by atoms with E-state index in [1.807, 2.05) is 37.3 Å². The van der Waals surface area contributed by atoms with Crippen molar-refractivity contribution in [2.24, 2.45) is 4.99 Å². The largest absolute Gasteiger partial charge is 0.493 e. The Labute approximate surface area is 135 Å². The molecule has 0 saturated heterocycles. The van der Waals surface area contributed by atoms with Gasteiger partial charge in [-0.2, -0.15) is 0 Å². The first-order valence-corrected chi connectivity index (χ1v) is 7.06. The molecule has 0 fully saturated rings. The van der Waals surface area contributed by atoms with Gasteiger partial charge in [0.15, 0.2) is 11.5 Å². The van der Waals surface area contributed by atoms with Crippen LogP contribution in [-0.2, 0) is 0 Å². The number of benzene rings is 2. The smallest absolute Gasteiger partial charge is 0.162 e. The molecule has 0 aromatic heterocycles. The predicted octanol–water partition coefficient (Wildman–Crippen LogP) is 4.42. The van der Waals surface area contributed by atoms with Crippen molar-refractivity contribution in [1.29, 1.82) is 0 Å². The molecule has 0 spiro atoms. The summed E-state index contributed by atoms with van der Waals surface area (Å²) < 4.78 is 10.7. The highest BCUT2D eigenvalue weighted by molar-refractivity contribution is 6.31. The van der Waals surface area contributed by atoms with E-state index in [9.17, 15) is 0 Å². The van der Waals surface area contributed by atoms with Gasteiger partial charge < -0.3 is 9.47 Å². The third-order valence-corrected chi connectivity index (χ3v) is 3.42. The lowest BCUT2D eigenvalue weighted by atomic mass is 10.2. The fourth-order valence-corrected chi connectivity index (χ4v) is 1.99. The van der Waals surface area contributed by atoms with Crippen molar-refractivity contribution in [2.45, 2.75) is 6.92 Å². The molecule has 0 unspecified atom stereocenters. The van der Waals surface area contributed by atoms with Crippen LogP contribution in [0.15, 0.2) is 41.4 Å². The minimum atomic E-state index is 0.200. The zero-order valence-electron chi connectivity index (χ0n) is 12.5. The highest BCUT2D eigenvalue weighted by Crippen LogP contribution is 2.28. The molecule has 0 bridgehead atoms. The Bertz CT molecular complexity index is 732. The molecule has 22 heavy (non-hydrogen) atoms. The first kappa shape index (κ1) is 15.9. The first-order valence-electron chi connectivity index (χ1n) is 6.68. The van der Waals surface area contributed by atoms with Crippen LogP contribution in [0.1, 0.15) is 11.1 Å². The molecule has 0 amide bonds. The molecule has 0 radical (unpaired) electrons. The Kier molecular flexibility index (Phi) is 5.46. The maximum absolute atomic E-state index is 6.09. The van der Waals surface area contributed by atoms with Crippen molar-refractivity contribution in [3.05, 3.63) is 52.5 Å². The number of hydrogen-bond acceptors (Lipinski definition) is 3. The van der Waals surface area contributed by atoms with Gasteiger partial charge in [0.1, 0.15) is 6.61 Å². The minimum Gasteiger partial charge on any atom is -0.493 e. The molecule has 0 saturated carbocycles. The van der Waals surface area contributed by atoms with Gasteiger partial charge in [-0.1, -0.05) is 23.6 Å². The first-order chi connectivity index (χ1) is 10.6. The Hall–Kier alpha value is -2.44. The lowest BCUT2D eigenvalue weighted by Gasteiger charge is -2.09. The zero-order valence-corrected chi connectivity index (χ0v) is 13.2. The quantitative estimate of drug-likeness (QED) is 0.604. The van der Waals surface area contributed by atoms with Crippen LogP contribution < -0.4 is 9.47 Å². The molecule has 2 rings (SSSR count). The minimum absolute atomic E-state index is 0.200. The summed E-state index contributed by atoms with van der Waals surface area (Å²) in [7, 11) is 1.58. The van der Waals surface area contributed by atoms with Crippen molar-refractivity contribution >= 4 is 23.5 Å². The second kappa shape index (κ2) is 7.53. The second-order valence-electron chi connectivity index (χ2n) is 4.59. The van der Waals surface area contributed by atoms with Crippen molar-refractivity contribution < 1.29 is 9.47 Å². The predicted molar refractivity (Wildman–Crippen MR) is 90.8 cm³/mol. The van der Waals surface area contributed by atoms with Crippen LogP contribution in [0.4, 0.5) is 5.69 Å². The van der Waals surface area contributed by atoms with Crippen LogP contribution in [0.2, 0.25) is 5.02 Å². The number of nitrogens with zero attached hydrogens (tertiary/aromatic N) is 1. The Morgan fingerprint density at radius 1 is 1.23 bits per heavy atom. The van der Waals surface area contributed by atoms with Crippen molar-refractivity contribution in [1.82, 2.24) is 0 Å². The molecule has 3 nitrogen and oxygen atoms in total. The molecular formula is C18H16ClNO2. The molecule has 112 valence electrons. The molecule has 2 aromatic carbocycles. The van der Waals surface area contributed by atoms with Crippen molar-refractivity contribution in [3.8, 4) is 23.8 Å². The summed E-state index contributed by atoms with van der Waals surface area (Å²) in [5.74, 6) is 3.64. The van der Waals surface area contributed by atoms with E-state index in [0.717, 1.165) is 16.8 Å². The van der Waals surface area contributed by atoms with Crippen LogP contribution in [0.25, 0.3) is 0 Å². The summed E-state index contributed by atoms with van der Waals surface area (Å²) in [6, 6.07) is 11.2. The molecule has 0 heterocycles. The van der Waals surface area contributed by atoms with Crippen LogP contribution in [-0.4, -0.2) is 19.9 Å². The molecule has 2 aromatic rings. The average Bonchev–Trinajstić information content (AvgIpc) is 2.54. The maximum atomic E-state index is 6.09. The summed E-state index contributed by atoms with van der Waals surface area (Å²) in [6.45, 7) is 2.15. The number of rotatable bonds is 5. The molecule has 4 heteroatoms. The van der Waals surface area contributed by atoms with E-state index in [1.165, 1.54) is 0 Å². The number of hydrogen-bond donors (Lipinski definition) is 0. The van der Waals surface area contributed by atoms with E-state index in [4.69, 9.17) is 27.5 Å². The summed E-state index contributed by atoms with van der Waals surface area (Å²) in [5, 5.41) is 0.699. The van der Waals surface area contributed by atoms with E-state index in [2.05, 4.69) is 10.9 Å². The number of aliphatic imine (C=N–C) groups is 1. The Balaban J connectivity index is 2.20. The van der Waals surface area contributed by atoms with E-state index < -0.39 is 0 Å². The summed E-state index contributed by atoms with van der Waals surface area (Å²) >= 11 is 6.09. The zero-order chi connectivity index (χ0) is 15.9. The van der Waals surface area contributed by atoms with Gasteiger partial charge in [0.05, 0.1) is 12.8 Å². The molecular weight excluding hydrogens is 298 g/mol. The fourth-order valence-electron chi connectivity index (χ4n) is 1.81. The molecule has 0 atom stereocenters. The van der Waals surface area contributed by atoms with Gasteiger partial charge >= 0.3 is 0 Å². The lowest BCUT2D eigenvalue weighted by molar-refractivity contribution is 0.331. The molecule has 0 aliphatic heterocycles. The molecule has 0 aliphatic carbocycles. The van der Waals surface area contributed by atoms with Crippen LogP contribution in [0.3, 0.4) is 0 Å². The second-order valence-corrected chi connectivity index (χ2v) is 5.00. The monoisotopic (exact) mass is 313 g/mol. The number of aryl methyl sites for hydroxylation is 1. The van der Waals surface area contributed by atoms with E-state index in [0.29, 0.717) is 16.5 Å². The van der Waals surface area contributed by atoms with Crippen molar-refractivity contribution in [3.63, 3.8) is 0 Å². The van der Waals surface area contributed by atoms with Crippen molar-refractivity contribution in [2.75, 3.05) is 13.7 Å². The maximum Gasteiger partial charge on any atom is 0.162 e. The topological polar surface area (TPSA) is 30.8 Å². The Morgan fingerprint density at radius 2 is 2.05 bits per heavy atom. The summed E-state index contributed by atoms with van der Waals surface area (Å²) in [5.41, 5.74) is 2.71. The van der Waals surface area contributed by atoms with Gasteiger partial charge in [0, 0.05) is 11.2 Å². The number of halogens is 1. The standard InChI is InChI=1S/C18H16ClNO2/c1-4-9-22-17-8-6-14(10-18(17)21-3)12-20-15-7-5-13(2)16(19)11-15/h1,5-8,10-12H,9H2,2-3H3. The van der Waals surface area contributed by atoms with Crippen LogP contribution >= 0.6 is 11.6 Å². The van der Waals surface area contributed by atoms with Gasteiger partial charge in [0.25, 0.3) is 0 Å². The summed E-state index contributed by atoms with van der Waals surface area (Å²) in [6.07, 6.45) is 6.93. The van der Waals surface area contributed by atoms with Crippen LogP contribution in [0, 0.1) is 19.3 Å². The third kappa shape index (κ3) is 4.03. The van der Waals surface area contributed by atoms with E-state index in [1.54, 1.807) is 19.4 Å². The summed E-state index contributed by atoms with van der Waals surface area (Å²) in [4.78, 5) is 4.41. The van der Waals surface area contributed by atoms with Gasteiger partial charge in [-0.05, 0) is 48.4 Å². The normalized spacial score (nSPS) is 10.5. The molecule has 0 aliphatic rings. The van der Waals surface area contributed by atoms with Gasteiger partial charge in [-0.15, -0.1) is 6.42 Å². The van der Waals surface area contributed by atoms with Gasteiger partial charge in [-0.25, -0.2) is 0 Å². The lowest BCUT2D eigenvalue weighted by Crippen LogP contribution is -1.97. The molecule has 0 N–H and O–H groups in total. The van der Waals surface area contributed by atoms with E-state index >= 15 is 0 Å². The fraction of sp³-hybridized carbons (Fsp3) is 0.167. The van der Waals surface area contributed by atoms with Gasteiger partial charge in [-0.3, -0.25) is 4.99 Å². The van der Waals surface area contributed by atoms with Crippen LogP contribution in [0.5, 0.6) is 11.5 Å². The number of ether oxygens (including phenoxy) is 2. The third-order valence-electron chi connectivity index (χ3n) is 3.02. The highest BCUT2D eigenvalue weighted by Gasteiger charge is 2.04. The number of methoxy groups -OCH3 is 1. The SMILES string of the molecule is C#CCOc1ccc(C=Nc2ccc(C)c(Cl)c2)cc1OC.